The molecule has 5 rings (SSSR count). The highest BCUT2D eigenvalue weighted by molar-refractivity contribution is 8.02. The molecule has 5 atom stereocenters. The Kier molecular flexibility index (Phi) is 7.52. The number of anilines is 2. The summed E-state index contributed by atoms with van der Waals surface area (Å²) >= 11 is 1.62. The number of hydrogen-bond donors (Lipinski definition) is 3. The maximum atomic E-state index is 14.0. The lowest BCUT2D eigenvalue weighted by Crippen LogP contribution is -2.52. The monoisotopic (exact) mass is 553 g/mol. The first kappa shape index (κ1) is 27.3. The highest BCUT2D eigenvalue weighted by Crippen LogP contribution is 2.71. The Morgan fingerprint density at radius 3 is 2.23 bits per heavy atom. The van der Waals surface area contributed by atoms with E-state index in [0.29, 0.717) is 42.3 Å². The number of nitrogens with one attached hydrogen (secondary N) is 2. The molecule has 3 aliphatic rings. The number of fused-ring (bicyclic) bond motifs is 1. The summed E-state index contributed by atoms with van der Waals surface area (Å²) in [5, 5.41) is 15.5. The van der Waals surface area contributed by atoms with Crippen LogP contribution < -0.4 is 20.1 Å². The molecule has 2 aromatic carbocycles. The largest absolute Gasteiger partial charge is 0.497 e. The molecular formula is C29H35N3O6S. The molecule has 3 amide bonds. The number of amides is 3. The van der Waals surface area contributed by atoms with Crippen molar-refractivity contribution in [1.82, 2.24) is 4.90 Å². The van der Waals surface area contributed by atoms with Crippen LogP contribution in [0.2, 0.25) is 0 Å². The Labute approximate surface area is 232 Å². The van der Waals surface area contributed by atoms with Crippen molar-refractivity contribution >= 4 is 40.9 Å². The quantitative estimate of drug-likeness (QED) is 0.412. The van der Waals surface area contributed by atoms with Gasteiger partial charge in [-0.25, -0.2) is 0 Å². The van der Waals surface area contributed by atoms with Gasteiger partial charge >= 0.3 is 0 Å². The van der Waals surface area contributed by atoms with Crippen LogP contribution in [0.4, 0.5) is 11.4 Å². The van der Waals surface area contributed by atoms with Gasteiger partial charge in [-0.15, -0.1) is 11.8 Å². The summed E-state index contributed by atoms with van der Waals surface area (Å²) in [4.78, 5) is 43.2. The number of aliphatic hydroxyl groups is 1. The van der Waals surface area contributed by atoms with Crippen molar-refractivity contribution in [1.29, 1.82) is 0 Å². The third-order valence-electron chi connectivity index (χ3n) is 8.15. The van der Waals surface area contributed by atoms with Crippen molar-refractivity contribution in [2.24, 2.45) is 11.8 Å². The third kappa shape index (κ3) is 4.74. The van der Waals surface area contributed by atoms with E-state index in [0.717, 1.165) is 6.42 Å². The number of hydrogen-bond acceptors (Lipinski definition) is 7. The Bertz CT molecular complexity index is 1240. The van der Waals surface area contributed by atoms with Gasteiger partial charge in [-0.05, 0) is 81.6 Å². The van der Waals surface area contributed by atoms with Crippen LogP contribution in [-0.4, -0.2) is 70.1 Å². The molecule has 2 bridgehead atoms. The molecule has 39 heavy (non-hydrogen) atoms. The first-order valence-electron chi connectivity index (χ1n) is 13.4. The maximum Gasteiger partial charge on any atom is 0.248 e. The second-order valence-corrected chi connectivity index (χ2v) is 12.4. The molecule has 1 spiro atoms. The van der Waals surface area contributed by atoms with Crippen LogP contribution in [0.15, 0.2) is 48.5 Å². The molecule has 9 nitrogen and oxygen atoms in total. The lowest BCUT2D eigenvalue weighted by atomic mass is 9.66. The predicted octanol–water partition coefficient (Wildman–Crippen LogP) is 3.53. The Morgan fingerprint density at radius 1 is 1.03 bits per heavy atom. The van der Waals surface area contributed by atoms with Gasteiger partial charge in [-0.2, -0.15) is 0 Å². The number of thioether (sulfide) groups is 1. The molecule has 3 heterocycles. The number of carbonyl (C=O) groups is 3. The molecule has 0 aromatic heterocycles. The van der Waals surface area contributed by atoms with Crippen LogP contribution in [-0.2, 0) is 14.4 Å². The molecule has 3 fully saturated rings. The van der Waals surface area contributed by atoms with Crippen LogP contribution in [0.1, 0.15) is 33.1 Å². The second-order valence-electron chi connectivity index (χ2n) is 10.5. The summed E-state index contributed by atoms with van der Waals surface area (Å²) in [6.07, 6.45) is 1.74. The Balaban J connectivity index is 1.43. The highest BCUT2D eigenvalue weighted by Gasteiger charge is 2.77. The van der Waals surface area contributed by atoms with Gasteiger partial charge in [-0.1, -0.05) is 0 Å². The Hall–Kier alpha value is -3.24. The number of rotatable bonds is 10. The van der Waals surface area contributed by atoms with Crippen molar-refractivity contribution in [2.45, 2.75) is 48.6 Å². The smallest absolute Gasteiger partial charge is 0.248 e. The third-order valence-corrected chi connectivity index (χ3v) is 10.1. The number of carbonyl (C=O) groups excluding carboxylic acids is 3. The van der Waals surface area contributed by atoms with Gasteiger partial charge in [0.25, 0.3) is 0 Å². The molecule has 0 aliphatic carbocycles. The molecule has 0 radical (unpaired) electrons. The van der Waals surface area contributed by atoms with E-state index in [-0.39, 0.29) is 30.9 Å². The fraction of sp³-hybridized carbons (Fsp3) is 0.483. The van der Waals surface area contributed by atoms with Crippen LogP contribution in [0, 0.1) is 11.8 Å². The molecular weight excluding hydrogens is 518 g/mol. The minimum Gasteiger partial charge on any atom is -0.497 e. The number of methoxy groups -OCH3 is 1. The van der Waals surface area contributed by atoms with Gasteiger partial charge in [-0.3, -0.25) is 14.4 Å². The van der Waals surface area contributed by atoms with Gasteiger partial charge in [0.1, 0.15) is 17.5 Å². The minimum absolute atomic E-state index is 0.0964. The van der Waals surface area contributed by atoms with E-state index < -0.39 is 27.4 Å². The first-order valence-corrected chi connectivity index (χ1v) is 14.2. The average Bonchev–Trinajstić information content (AvgIpc) is 3.49. The molecule has 3 N–H and O–H groups in total. The summed E-state index contributed by atoms with van der Waals surface area (Å²) < 4.78 is 9.51. The molecule has 2 aromatic rings. The lowest BCUT2D eigenvalue weighted by molar-refractivity contribution is -0.139. The van der Waals surface area contributed by atoms with E-state index in [4.69, 9.17) is 9.47 Å². The number of aliphatic hydroxyl groups excluding tert-OH is 1. The first-order chi connectivity index (χ1) is 18.8. The standard InChI is InChI=1S/C29H35N3O6S/c1-4-38-21-12-8-18(9-13-21)30-25(34)22-23-27(36)32(16-5-17-33)24(29(23)15-14-28(22,2)39-29)26(35)31-19-6-10-20(37-3)11-7-19/h6-13,22-24,33H,4-5,14-17H2,1-3H3,(H,30,34)(H,31,35)/t22-,23+,24?,28+,29?/m1/s1. The maximum absolute atomic E-state index is 14.0. The summed E-state index contributed by atoms with van der Waals surface area (Å²) in [5.41, 5.74) is 1.23. The average molecular weight is 554 g/mol. The van der Waals surface area contributed by atoms with Gasteiger partial charge in [0.15, 0.2) is 0 Å². The van der Waals surface area contributed by atoms with Crippen molar-refractivity contribution in [3.05, 3.63) is 48.5 Å². The van der Waals surface area contributed by atoms with Crippen LogP contribution in [0.3, 0.4) is 0 Å². The van der Waals surface area contributed by atoms with Crippen LogP contribution in [0.25, 0.3) is 0 Å². The normalized spacial score (nSPS) is 28.8. The molecule has 2 unspecified atom stereocenters. The molecule has 10 heteroatoms. The summed E-state index contributed by atoms with van der Waals surface area (Å²) in [6, 6.07) is 13.5. The van der Waals surface area contributed by atoms with Crippen LogP contribution in [0.5, 0.6) is 11.5 Å². The zero-order valence-corrected chi connectivity index (χ0v) is 23.3. The van der Waals surface area contributed by atoms with E-state index in [2.05, 4.69) is 10.6 Å². The predicted molar refractivity (Wildman–Crippen MR) is 150 cm³/mol. The number of benzene rings is 2. The molecule has 208 valence electrons. The van der Waals surface area contributed by atoms with Crippen molar-refractivity contribution in [3.63, 3.8) is 0 Å². The topological polar surface area (TPSA) is 117 Å². The molecule has 3 saturated heterocycles. The van der Waals surface area contributed by atoms with Crippen molar-refractivity contribution in [3.8, 4) is 11.5 Å². The summed E-state index contributed by atoms with van der Waals surface area (Å²) in [6.45, 7) is 4.65. The van der Waals surface area contributed by atoms with Crippen molar-refractivity contribution in [2.75, 3.05) is 37.5 Å². The Morgan fingerprint density at radius 2 is 1.64 bits per heavy atom. The summed E-state index contributed by atoms with van der Waals surface area (Å²) in [7, 11) is 1.58. The minimum atomic E-state index is -0.751. The van der Waals surface area contributed by atoms with E-state index in [1.807, 2.05) is 13.8 Å². The molecule has 3 aliphatic heterocycles. The lowest BCUT2D eigenvalue weighted by Gasteiger charge is -2.34. The fourth-order valence-electron chi connectivity index (χ4n) is 6.51. The fourth-order valence-corrected chi connectivity index (χ4v) is 8.87. The number of nitrogens with zero attached hydrogens (tertiary/aromatic N) is 1. The summed E-state index contributed by atoms with van der Waals surface area (Å²) in [5.74, 6) is -0.522. The molecule has 0 saturated carbocycles. The van der Waals surface area contributed by atoms with E-state index in [1.165, 1.54) is 0 Å². The van der Waals surface area contributed by atoms with E-state index in [9.17, 15) is 19.5 Å². The van der Waals surface area contributed by atoms with Crippen LogP contribution >= 0.6 is 11.8 Å². The van der Waals surface area contributed by atoms with Crippen molar-refractivity contribution < 1.29 is 29.0 Å². The zero-order chi connectivity index (χ0) is 27.8. The highest BCUT2D eigenvalue weighted by atomic mass is 32.2. The number of likely N-dealkylation sites (tertiary alicyclic amines) is 1. The zero-order valence-electron chi connectivity index (χ0n) is 22.4. The number of ether oxygens (including phenoxy) is 2. The van der Waals surface area contributed by atoms with Gasteiger partial charge in [0.2, 0.25) is 17.7 Å². The van der Waals surface area contributed by atoms with Gasteiger partial charge < -0.3 is 30.1 Å². The second kappa shape index (κ2) is 10.7. The van der Waals surface area contributed by atoms with E-state index >= 15 is 0 Å². The SMILES string of the molecule is CCOc1ccc(NC(=O)[C@H]2[C@H]3C(=O)N(CCCO)C(C(=O)Nc4ccc(OC)cc4)C34CC[C@]2(C)S4)cc1. The van der Waals surface area contributed by atoms with Gasteiger partial charge in [0.05, 0.1) is 30.3 Å². The van der Waals surface area contributed by atoms with Gasteiger partial charge in [0, 0.05) is 29.3 Å². The van der Waals surface area contributed by atoms with E-state index in [1.54, 1.807) is 72.3 Å².